The van der Waals surface area contributed by atoms with Gasteiger partial charge in [-0.1, -0.05) is 23.7 Å². The molecule has 0 saturated carbocycles. The van der Waals surface area contributed by atoms with Gasteiger partial charge in [-0.05, 0) is 42.8 Å². The van der Waals surface area contributed by atoms with Crippen molar-refractivity contribution in [3.05, 3.63) is 58.6 Å². The van der Waals surface area contributed by atoms with E-state index in [9.17, 15) is 9.59 Å². The Bertz CT molecular complexity index is 809. The minimum Gasteiger partial charge on any atom is -0.454 e. The zero-order chi connectivity index (χ0) is 17.8. The Morgan fingerprint density at radius 3 is 2.76 bits per heavy atom. The van der Waals surface area contributed by atoms with Crippen molar-refractivity contribution in [2.75, 3.05) is 13.3 Å². The van der Waals surface area contributed by atoms with Crippen molar-refractivity contribution < 1.29 is 19.1 Å². The van der Waals surface area contributed by atoms with Crippen LogP contribution in [-0.4, -0.2) is 25.2 Å². The molecular weight excluding hydrogens is 344 g/mol. The van der Waals surface area contributed by atoms with Gasteiger partial charge < -0.3 is 20.1 Å². The molecule has 0 aromatic heterocycles. The van der Waals surface area contributed by atoms with Gasteiger partial charge in [0.25, 0.3) is 5.91 Å². The highest BCUT2D eigenvalue weighted by Crippen LogP contribution is 2.32. The predicted molar refractivity (Wildman–Crippen MR) is 92.9 cm³/mol. The number of rotatable bonds is 5. The number of hydrogen-bond acceptors (Lipinski definition) is 4. The van der Waals surface area contributed by atoms with Gasteiger partial charge in [0.1, 0.15) is 0 Å². The Morgan fingerprint density at radius 1 is 1.16 bits per heavy atom. The van der Waals surface area contributed by atoms with E-state index in [-0.39, 0.29) is 31.2 Å². The fourth-order valence-electron chi connectivity index (χ4n) is 2.45. The molecule has 2 N–H and O–H groups in total. The quantitative estimate of drug-likeness (QED) is 0.859. The number of fused-ring (bicyclic) bond motifs is 1. The first-order valence-electron chi connectivity index (χ1n) is 7.75. The average molecular weight is 361 g/mol. The summed E-state index contributed by atoms with van der Waals surface area (Å²) in [5.41, 5.74) is 1.29. The molecule has 0 radical (unpaired) electrons. The molecule has 0 bridgehead atoms. The summed E-state index contributed by atoms with van der Waals surface area (Å²) in [4.78, 5) is 24.2. The van der Waals surface area contributed by atoms with Crippen LogP contribution < -0.4 is 20.1 Å². The first-order chi connectivity index (χ1) is 12.0. The van der Waals surface area contributed by atoms with Crippen LogP contribution >= 0.6 is 11.6 Å². The van der Waals surface area contributed by atoms with Crippen LogP contribution in [-0.2, 0) is 4.79 Å². The maximum atomic E-state index is 12.1. The van der Waals surface area contributed by atoms with E-state index in [2.05, 4.69) is 10.6 Å². The molecule has 7 heteroatoms. The van der Waals surface area contributed by atoms with Crippen molar-refractivity contribution in [3.63, 3.8) is 0 Å². The number of amides is 2. The molecule has 25 heavy (non-hydrogen) atoms. The monoisotopic (exact) mass is 360 g/mol. The van der Waals surface area contributed by atoms with E-state index < -0.39 is 0 Å². The molecule has 6 nitrogen and oxygen atoms in total. The molecule has 0 fully saturated rings. The third-order valence-electron chi connectivity index (χ3n) is 3.77. The van der Waals surface area contributed by atoms with Crippen LogP contribution in [0.4, 0.5) is 0 Å². The normalized spacial score (nSPS) is 13.2. The maximum absolute atomic E-state index is 12.1. The standard InChI is InChI=1S/C18H17ClN2O4/c1-11(12-3-2-4-14(19)7-12)21-17(22)9-20-18(23)13-5-6-15-16(8-13)25-10-24-15/h2-8,11H,9-10H2,1H3,(H,20,23)(H,21,22). The van der Waals surface area contributed by atoms with Gasteiger partial charge in [0.2, 0.25) is 12.7 Å². The van der Waals surface area contributed by atoms with E-state index in [0.717, 1.165) is 5.56 Å². The third-order valence-corrected chi connectivity index (χ3v) is 4.01. The summed E-state index contributed by atoms with van der Waals surface area (Å²) in [7, 11) is 0. The number of halogens is 1. The number of ether oxygens (including phenoxy) is 2. The first-order valence-corrected chi connectivity index (χ1v) is 8.13. The van der Waals surface area contributed by atoms with Gasteiger partial charge in [-0.25, -0.2) is 0 Å². The Hall–Kier alpha value is -2.73. The minimum absolute atomic E-state index is 0.127. The molecule has 1 unspecified atom stereocenters. The molecule has 130 valence electrons. The Kier molecular flexibility index (Phi) is 5.09. The van der Waals surface area contributed by atoms with E-state index in [4.69, 9.17) is 21.1 Å². The van der Waals surface area contributed by atoms with Crippen LogP contribution in [0, 0.1) is 0 Å². The van der Waals surface area contributed by atoms with Gasteiger partial charge >= 0.3 is 0 Å². The molecule has 1 aliphatic heterocycles. The molecule has 1 aliphatic rings. The van der Waals surface area contributed by atoms with Crippen LogP contribution in [0.1, 0.15) is 28.9 Å². The fraction of sp³-hybridized carbons (Fsp3) is 0.222. The zero-order valence-electron chi connectivity index (χ0n) is 13.5. The van der Waals surface area contributed by atoms with Crippen molar-refractivity contribution >= 4 is 23.4 Å². The van der Waals surface area contributed by atoms with Crippen molar-refractivity contribution in [3.8, 4) is 11.5 Å². The molecule has 0 spiro atoms. The van der Waals surface area contributed by atoms with Gasteiger partial charge in [-0.15, -0.1) is 0 Å². The summed E-state index contributed by atoms with van der Waals surface area (Å²) >= 11 is 5.95. The molecule has 3 rings (SSSR count). The Labute approximate surface area is 150 Å². The van der Waals surface area contributed by atoms with Crippen LogP contribution in [0.15, 0.2) is 42.5 Å². The van der Waals surface area contributed by atoms with E-state index in [1.165, 1.54) is 0 Å². The molecule has 2 amide bonds. The maximum Gasteiger partial charge on any atom is 0.251 e. The summed E-state index contributed by atoms with van der Waals surface area (Å²) in [6, 6.07) is 11.9. The number of benzene rings is 2. The lowest BCUT2D eigenvalue weighted by Crippen LogP contribution is -2.38. The Balaban J connectivity index is 1.52. The highest BCUT2D eigenvalue weighted by atomic mass is 35.5. The number of hydrogen-bond donors (Lipinski definition) is 2. The fourth-order valence-corrected chi connectivity index (χ4v) is 2.65. The lowest BCUT2D eigenvalue weighted by Gasteiger charge is -2.15. The first kappa shape index (κ1) is 17.1. The van der Waals surface area contributed by atoms with E-state index >= 15 is 0 Å². The van der Waals surface area contributed by atoms with Crippen molar-refractivity contribution in [2.24, 2.45) is 0 Å². The van der Waals surface area contributed by atoms with Crippen LogP contribution in [0.2, 0.25) is 5.02 Å². The highest BCUT2D eigenvalue weighted by molar-refractivity contribution is 6.30. The van der Waals surface area contributed by atoms with Gasteiger partial charge in [0, 0.05) is 10.6 Å². The second-order valence-electron chi connectivity index (χ2n) is 5.59. The SMILES string of the molecule is CC(NC(=O)CNC(=O)c1ccc2c(c1)OCO2)c1cccc(Cl)c1. The summed E-state index contributed by atoms with van der Waals surface area (Å²) < 4.78 is 10.4. The lowest BCUT2D eigenvalue weighted by atomic mass is 10.1. The lowest BCUT2D eigenvalue weighted by molar-refractivity contribution is -0.120. The topological polar surface area (TPSA) is 76.7 Å². The summed E-state index contributed by atoms with van der Waals surface area (Å²) in [6.45, 7) is 1.87. The molecule has 0 aliphatic carbocycles. The van der Waals surface area contributed by atoms with Gasteiger partial charge in [-0.3, -0.25) is 9.59 Å². The number of carbonyl (C=O) groups excluding carboxylic acids is 2. The van der Waals surface area contributed by atoms with Crippen molar-refractivity contribution in [2.45, 2.75) is 13.0 Å². The molecule has 2 aromatic rings. The van der Waals surface area contributed by atoms with Gasteiger partial charge in [0.05, 0.1) is 12.6 Å². The minimum atomic E-state index is -0.358. The second-order valence-corrected chi connectivity index (χ2v) is 6.03. The van der Waals surface area contributed by atoms with Crippen molar-refractivity contribution in [1.29, 1.82) is 0 Å². The number of nitrogens with one attached hydrogen (secondary N) is 2. The molecule has 2 aromatic carbocycles. The van der Waals surface area contributed by atoms with E-state index in [1.807, 2.05) is 19.1 Å². The Morgan fingerprint density at radius 2 is 1.96 bits per heavy atom. The van der Waals surface area contributed by atoms with Gasteiger partial charge in [-0.2, -0.15) is 0 Å². The van der Waals surface area contributed by atoms with Crippen LogP contribution in [0.25, 0.3) is 0 Å². The van der Waals surface area contributed by atoms with E-state index in [1.54, 1.807) is 30.3 Å². The van der Waals surface area contributed by atoms with Crippen molar-refractivity contribution in [1.82, 2.24) is 10.6 Å². The van der Waals surface area contributed by atoms with Crippen LogP contribution in [0.3, 0.4) is 0 Å². The zero-order valence-corrected chi connectivity index (χ0v) is 14.3. The molecular formula is C18H17ClN2O4. The second kappa shape index (κ2) is 7.44. The summed E-state index contributed by atoms with van der Waals surface area (Å²) in [5.74, 6) is 0.474. The summed E-state index contributed by atoms with van der Waals surface area (Å²) in [5, 5.41) is 6.01. The van der Waals surface area contributed by atoms with Gasteiger partial charge in [0.15, 0.2) is 11.5 Å². The summed E-state index contributed by atoms with van der Waals surface area (Å²) in [6.07, 6.45) is 0. The highest BCUT2D eigenvalue weighted by Gasteiger charge is 2.17. The smallest absolute Gasteiger partial charge is 0.251 e. The molecule has 1 atom stereocenters. The third kappa shape index (κ3) is 4.22. The largest absolute Gasteiger partial charge is 0.454 e. The predicted octanol–water partition coefficient (Wildman–Crippen LogP) is 2.68. The molecule has 0 saturated heterocycles. The average Bonchev–Trinajstić information content (AvgIpc) is 3.07. The number of carbonyl (C=O) groups is 2. The van der Waals surface area contributed by atoms with E-state index in [0.29, 0.717) is 22.1 Å². The van der Waals surface area contributed by atoms with Crippen LogP contribution in [0.5, 0.6) is 11.5 Å². The molecule has 1 heterocycles.